The van der Waals surface area contributed by atoms with Gasteiger partial charge < -0.3 is 0 Å². The first kappa shape index (κ1) is 11.9. The fourth-order valence-electron chi connectivity index (χ4n) is 1.47. The van der Waals surface area contributed by atoms with E-state index in [1.165, 1.54) is 6.26 Å². The van der Waals surface area contributed by atoms with Crippen LogP contribution in [0.15, 0.2) is 0 Å². The molecule has 0 saturated carbocycles. The van der Waals surface area contributed by atoms with Gasteiger partial charge in [-0.15, -0.1) is 12.3 Å². The summed E-state index contributed by atoms with van der Waals surface area (Å²) < 4.78 is 22.9. The third-order valence-corrected chi connectivity index (χ3v) is 4.92. The average Bonchev–Trinajstić information content (AvgIpc) is 2.14. The van der Waals surface area contributed by atoms with Gasteiger partial charge in [-0.05, 0) is 0 Å². The van der Waals surface area contributed by atoms with E-state index in [0.29, 0.717) is 18.7 Å². The Morgan fingerprint density at radius 3 is 2.93 bits per heavy atom. The molecule has 0 N–H and O–H groups in total. The number of hydrogen-bond donors (Lipinski definition) is 0. The monoisotopic (exact) mass is 233 g/mol. The Bertz CT molecular complexity index is 318. The van der Waals surface area contributed by atoms with Crippen LogP contribution in [-0.2, 0) is 9.84 Å². The van der Waals surface area contributed by atoms with Crippen molar-refractivity contribution in [3.05, 3.63) is 0 Å². The van der Waals surface area contributed by atoms with E-state index in [1.807, 2.05) is 4.90 Å². The van der Waals surface area contributed by atoms with Crippen LogP contribution in [0.2, 0.25) is 0 Å². The van der Waals surface area contributed by atoms with Gasteiger partial charge in [-0.1, -0.05) is 0 Å². The molecule has 0 radical (unpaired) electrons. The van der Waals surface area contributed by atoms with Gasteiger partial charge in [-0.3, -0.25) is 4.90 Å². The van der Waals surface area contributed by atoms with E-state index in [-0.39, 0.29) is 5.37 Å². The molecule has 1 aliphatic rings. The van der Waals surface area contributed by atoms with Crippen LogP contribution in [0.4, 0.5) is 0 Å². The Balaban J connectivity index is 2.65. The van der Waals surface area contributed by atoms with Gasteiger partial charge in [0.1, 0.15) is 5.37 Å². The Morgan fingerprint density at radius 1 is 1.64 bits per heavy atom. The molecule has 0 aromatic carbocycles. The van der Waals surface area contributed by atoms with Crippen molar-refractivity contribution in [2.75, 3.05) is 30.9 Å². The van der Waals surface area contributed by atoms with Gasteiger partial charge in [0, 0.05) is 37.3 Å². The lowest BCUT2D eigenvalue weighted by Crippen LogP contribution is -2.47. The zero-order chi connectivity index (χ0) is 10.6. The molecule has 0 bridgehead atoms. The number of thioether (sulfide) groups is 1. The summed E-state index contributed by atoms with van der Waals surface area (Å²) in [7, 11) is -2.97. The summed E-state index contributed by atoms with van der Waals surface area (Å²) in [5, 5.41) is -0.338. The zero-order valence-electron chi connectivity index (χ0n) is 8.27. The smallest absolute Gasteiger partial charge is 0.164 e. The lowest BCUT2D eigenvalue weighted by molar-refractivity contribution is 0.277. The standard InChI is InChI=1S/C9H15NO2S2/c1-3-4-5-10-6-7-13-8-9(10)14(2,11)12/h1,9H,4-8H2,2H3. The Kier molecular flexibility index (Phi) is 4.30. The van der Waals surface area contributed by atoms with Crippen LogP contribution < -0.4 is 0 Å². The van der Waals surface area contributed by atoms with Gasteiger partial charge >= 0.3 is 0 Å². The topological polar surface area (TPSA) is 37.4 Å². The summed E-state index contributed by atoms with van der Waals surface area (Å²) in [5.41, 5.74) is 0. The van der Waals surface area contributed by atoms with Crippen LogP contribution in [0.5, 0.6) is 0 Å². The van der Waals surface area contributed by atoms with E-state index in [1.54, 1.807) is 11.8 Å². The van der Waals surface area contributed by atoms with E-state index in [0.717, 1.165) is 12.3 Å². The first-order valence-corrected chi connectivity index (χ1v) is 7.61. The molecule has 14 heavy (non-hydrogen) atoms. The van der Waals surface area contributed by atoms with Gasteiger partial charge in [0.25, 0.3) is 0 Å². The maximum atomic E-state index is 11.5. The normalized spacial score (nSPS) is 24.4. The van der Waals surface area contributed by atoms with Crippen molar-refractivity contribution in [1.82, 2.24) is 4.90 Å². The third kappa shape index (κ3) is 3.19. The molecule has 1 unspecified atom stereocenters. The van der Waals surface area contributed by atoms with Crippen molar-refractivity contribution in [2.24, 2.45) is 0 Å². The second-order valence-corrected chi connectivity index (χ2v) is 6.70. The molecule has 1 fully saturated rings. The Hall–Kier alpha value is -0.180. The van der Waals surface area contributed by atoms with E-state index >= 15 is 0 Å². The van der Waals surface area contributed by atoms with Gasteiger partial charge in [-0.25, -0.2) is 8.42 Å². The summed E-state index contributed by atoms with van der Waals surface area (Å²) in [6.45, 7) is 1.51. The molecule has 1 aliphatic heterocycles. The molecular weight excluding hydrogens is 218 g/mol. The van der Waals surface area contributed by atoms with Crippen molar-refractivity contribution in [3.8, 4) is 12.3 Å². The van der Waals surface area contributed by atoms with E-state index in [4.69, 9.17) is 6.42 Å². The zero-order valence-corrected chi connectivity index (χ0v) is 9.90. The SMILES string of the molecule is C#CCCN1CCSCC1S(C)(=O)=O. The lowest BCUT2D eigenvalue weighted by Gasteiger charge is -2.33. The largest absolute Gasteiger partial charge is 0.285 e. The molecule has 1 saturated heterocycles. The number of nitrogens with zero attached hydrogens (tertiary/aromatic N) is 1. The molecular formula is C9H15NO2S2. The fourth-order valence-corrected chi connectivity index (χ4v) is 4.45. The quantitative estimate of drug-likeness (QED) is 0.663. The van der Waals surface area contributed by atoms with Crippen LogP contribution in [-0.4, -0.2) is 49.5 Å². The summed E-state index contributed by atoms with van der Waals surface area (Å²) in [6, 6.07) is 0. The molecule has 1 atom stereocenters. The first-order chi connectivity index (χ1) is 6.55. The first-order valence-electron chi connectivity index (χ1n) is 4.50. The van der Waals surface area contributed by atoms with Gasteiger partial charge in [-0.2, -0.15) is 11.8 Å². The third-order valence-electron chi connectivity index (χ3n) is 2.23. The van der Waals surface area contributed by atoms with Gasteiger partial charge in [0.2, 0.25) is 0 Å². The highest BCUT2D eigenvalue weighted by molar-refractivity contribution is 8.00. The molecule has 0 aliphatic carbocycles. The fraction of sp³-hybridized carbons (Fsp3) is 0.778. The lowest BCUT2D eigenvalue weighted by atomic mass is 10.4. The van der Waals surface area contributed by atoms with E-state index in [2.05, 4.69) is 5.92 Å². The summed E-state index contributed by atoms with van der Waals surface area (Å²) in [5.74, 6) is 4.21. The minimum absolute atomic E-state index is 0.338. The summed E-state index contributed by atoms with van der Waals surface area (Å²) in [6.07, 6.45) is 7.09. The summed E-state index contributed by atoms with van der Waals surface area (Å²) in [4.78, 5) is 1.98. The molecule has 0 aromatic heterocycles. The predicted octanol–water partition coefficient (Wildman–Crippen LogP) is 0.429. The number of hydrogen-bond acceptors (Lipinski definition) is 4. The average molecular weight is 233 g/mol. The van der Waals surface area contributed by atoms with Crippen LogP contribution in [0.3, 0.4) is 0 Å². The molecule has 0 spiro atoms. The van der Waals surface area contributed by atoms with Crippen LogP contribution in [0.1, 0.15) is 6.42 Å². The van der Waals surface area contributed by atoms with Crippen molar-refractivity contribution < 1.29 is 8.42 Å². The maximum absolute atomic E-state index is 11.5. The number of rotatable bonds is 3. The van der Waals surface area contributed by atoms with Crippen molar-refractivity contribution in [2.45, 2.75) is 11.8 Å². The van der Waals surface area contributed by atoms with Crippen LogP contribution >= 0.6 is 11.8 Å². The van der Waals surface area contributed by atoms with Gasteiger partial charge in [0.15, 0.2) is 9.84 Å². The number of sulfone groups is 1. The molecule has 0 amide bonds. The Morgan fingerprint density at radius 2 is 2.36 bits per heavy atom. The second kappa shape index (κ2) is 5.06. The van der Waals surface area contributed by atoms with Crippen molar-refractivity contribution >= 4 is 21.6 Å². The Labute approximate surface area is 90.2 Å². The molecule has 0 aromatic rings. The second-order valence-electron chi connectivity index (χ2n) is 3.35. The summed E-state index contributed by atoms with van der Waals surface area (Å²) >= 11 is 1.69. The highest BCUT2D eigenvalue weighted by atomic mass is 32.2. The van der Waals surface area contributed by atoms with Crippen LogP contribution in [0.25, 0.3) is 0 Å². The molecule has 1 heterocycles. The van der Waals surface area contributed by atoms with Crippen molar-refractivity contribution in [1.29, 1.82) is 0 Å². The molecule has 5 heteroatoms. The highest BCUT2D eigenvalue weighted by Crippen LogP contribution is 2.20. The molecule has 80 valence electrons. The molecule has 3 nitrogen and oxygen atoms in total. The van der Waals surface area contributed by atoms with E-state index < -0.39 is 9.84 Å². The van der Waals surface area contributed by atoms with E-state index in [9.17, 15) is 8.42 Å². The van der Waals surface area contributed by atoms with Gasteiger partial charge in [0.05, 0.1) is 0 Å². The number of terminal acetylenes is 1. The highest BCUT2D eigenvalue weighted by Gasteiger charge is 2.30. The minimum atomic E-state index is -2.97. The van der Waals surface area contributed by atoms with Crippen LogP contribution in [0, 0.1) is 12.3 Å². The molecule has 1 rings (SSSR count). The maximum Gasteiger partial charge on any atom is 0.164 e. The predicted molar refractivity (Wildman–Crippen MR) is 61.0 cm³/mol. The van der Waals surface area contributed by atoms with Crippen molar-refractivity contribution in [3.63, 3.8) is 0 Å². The minimum Gasteiger partial charge on any atom is -0.285 e.